The number of carbonyl (C=O) groups excluding carboxylic acids is 1. The standard InChI is InChI=1S/C21H19ClN6O/c1-27(2)21(29)17-10-9-16-20(26-17)28(14-7-5-13(12-22)6-8-14)19(25-16)15-4-3-11-24-18(15)23/h3-11H,12H2,1-2H3,(H2,23,24). The normalized spacial score (nSPS) is 11.0. The Labute approximate surface area is 172 Å². The lowest BCUT2D eigenvalue weighted by Crippen LogP contribution is -2.22. The molecule has 0 spiro atoms. The number of imidazole rings is 1. The van der Waals surface area contributed by atoms with Crippen LogP contribution in [0.3, 0.4) is 0 Å². The summed E-state index contributed by atoms with van der Waals surface area (Å²) in [6, 6.07) is 14.9. The van der Waals surface area contributed by atoms with Crippen LogP contribution in [0.25, 0.3) is 28.2 Å². The first-order valence-corrected chi connectivity index (χ1v) is 9.50. The summed E-state index contributed by atoms with van der Waals surface area (Å²) < 4.78 is 1.88. The molecule has 0 aliphatic heterocycles. The van der Waals surface area contributed by atoms with Gasteiger partial charge in [-0.2, -0.15) is 0 Å². The smallest absolute Gasteiger partial charge is 0.272 e. The Morgan fingerprint density at radius 2 is 1.86 bits per heavy atom. The summed E-state index contributed by atoms with van der Waals surface area (Å²) >= 11 is 5.93. The van der Waals surface area contributed by atoms with Gasteiger partial charge in [-0.1, -0.05) is 12.1 Å². The van der Waals surface area contributed by atoms with Gasteiger partial charge in [-0.05, 0) is 42.0 Å². The molecule has 0 radical (unpaired) electrons. The van der Waals surface area contributed by atoms with Gasteiger partial charge in [-0.3, -0.25) is 9.36 Å². The summed E-state index contributed by atoms with van der Waals surface area (Å²) in [4.78, 5) is 27.5. The molecule has 7 nitrogen and oxygen atoms in total. The van der Waals surface area contributed by atoms with E-state index in [0.717, 1.165) is 11.3 Å². The highest BCUT2D eigenvalue weighted by atomic mass is 35.5. The van der Waals surface area contributed by atoms with Crippen molar-refractivity contribution in [3.8, 4) is 17.1 Å². The topological polar surface area (TPSA) is 89.9 Å². The van der Waals surface area contributed by atoms with Gasteiger partial charge in [-0.15, -0.1) is 11.6 Å². The Bertz CT molecular complexity index is 1200. The second kappa shape index (κ2) is 7.52. The van der Waals surface area contributed by atoms with Crippen LogP contribution in [-0.4, -0.2) is 44.4 Å². The third-order valence-electron chi connectivity index (χ3n) is 4.56. The van der Waals surface area contributed by atoms with E-state index in [-0.39, 0.29) is 5.91 Å². The van der Waals surface area contributed by atoms with Crippen LogP contribution < -0.4 is 5.73 Å². The number of rotatable bonds is 4. The van der Waals surface area contributed by atoms with E-state index in [1.807, 2.05) is 34.9 Å². The minimum absolute atomic E-state index is 0.181. The number of halogens is 1. The maximum absolute atomic E-state index is 12.4. The van der Waals surface area contributed by atoms with Crippen LogP contribution >= 0.6 is 11.6 Å². The van der Waals surface area contributed by atoms with E-state index in [0.29, 0.717) is 39.9 Å². The number of carbonyl (C=O) groups is 1. The maximum atomic E-state index is 12.4. The average Bonchev–Trinajstić information content (AvgIpc) is 3.11. The first-order valence-electron chi connectivity index (χ1n) is 8.97. The zero-order valence-electron chi connectivity index (χ0n) is 16.0. The van der Waals surface area contributed by atoms with Crippen molar-refractivity contribution in [3.63, 3.8) is 0 Å². The third-order valence-corrected chi connectivity index (χ3v) is 4.87. The second-order valence-electron chi connectivity index (χ2n) is 6.75. The molecule has 0 unspecified atom stereocenters. The highest BCUT2D eigenvalue weighted by Gasteiger charge is 2.20. The van der Waals surface area contributed by atoms with E-state index in [9.17, 15) is 4.79 Å². The number of pyridine rings is 2. The molecule has 1 amide bonds. The highest BCUT2D eigenvalue weighted by Crippen LogP contribution is 2.30. The molecule has 3 heterocycles. The van der Waals surface area contributed by atoms with E-state index >= 15 is 0 Å². The monoisotopic (exact) mass is 406 g/mol. The quantitative estimate of drug-likeness (QED) is 0.524. The number of aromatic nitrogens is 4. The number of hydrogen-bond donors (Lipinski definition) is 1. The van der Waals surface area contributed by atoms with E-state index in [2.05, 4.69) is 9.97 Å². The number of amides is 1. The van der Waals surface area contributed by atoms with Crippen molar-refractivity contribution in [1.82, 2.24) is 24.4 Å². The zero-order valence-corrected chi connectivity index (χ0v) is 16.8. The number of nitrogen functional groups attached to an aromatic ring is 1. The van der Waals surface area contributed by atoms with Crippen LogP contribution in [0.15, 0.2) is 54.7 Å². The van der Waals surface area contributed by atoms with Crippen LogP contribution in [0.2, 0.25) is 0 Å². The van der Waals surface area contributed by atoms with E-state index in [1.54, 1.807) is 38.5 Å². The number of nitrogens with two attached hydrogens (primary N) is 1. The van der Waals surface area contributed by atoms with Crippen LogP contribution in [-0.2, 0) is 5.88 Å². The molecular formula is C21H19ClN6O. The van der Waals surface area contributed by atoms with Gasteiger partial charge in [0, 0.05) is 31.9 Å². The Balaban J connectivity index is 2.01. The summed E-state index contributed by atoms with van der Waals surface area (Å²) in [6.07, 6.45) is 1.63. The van der Waals surface area contributed by atoms with Crippen molar-refractivity contribution in [3.05, 3.63) is 66.0 Å². The first kappa shape index (κ1) is 18.9. The van der Waals surface area contributed by atoms with Gasteiger partial charge in [0.25, 0.3) is 5.91 Å². The summed E-state index contributed by atoms with van der Waals surface area (Å²) in [5.74, 6) is 1.21. The van der Waals surface area contributed by atoms with E-state index < -0.39 is 0 Å². The summed E-state index contributed by atoms with van der Waals surface area (Å²) in [6.45, 7) is 0. The van der Waals surface area contributed by atoms with Crippen molar-refractivity contribution in [1.29, 1.82) is 0 Å². The first-order chi connectivity index (χ1) is 14.0. The summed E-state index contributed by atoms with van der Waals surface area (Å²) in [5, 5.41) is 0. The molecule has 2 N–H and O–H groups in total. The largest absolute Gasteiger partial charge is 0.383 e. The molecule has 29 heavy (non-hydrogen) atoms. The van der Waals surface area contributed by atoms with Crippen molar-refractivity contribution in [2.24, 2.45) is 0 Å². The van der Waals surface area contributed by atoms with Crippen molar-refractivity contribution < 1.29 is 4.79 Å². The molecule has 0 atom stereocenters. The van der Waals surface area contributed by atoms with Crippen LogP contribution in [0.1, 0.15) is 16.1 Å². The van der Waals surface area contributed by atoms with Gasteiger partial charge >= 0.3 is 0 Å². The molecule has 0 saturated heterocycles. The molecule has 0 aliphatic rings. The highest BCUT2D eigenvalue weighted by molar-refractivity contribution is 6.17. The lowest BCUT2D eigenvalue weighted by Gasteiger charge is -2.12. The summed E-state index contributed by atoms with van der Waals surface area (Å²) in [7, 11) is 3.39. The number of hydrogen-bond acceptors (Lipinski definition) is 5. The van der Waals surface area contributed by atoms with E-state index in [4.69, 9.17) is 22.3 Å². The van der Waals surface area contributed by atoms with Crippen LogP contribution in [0, 0.1) is 0 Å². The molecule has 8 heteroatoms. The molecule has 4 aromatic rings. The lowest BCUT2D eigenvalue weighted by atomic mass is 10.2. The van der Waals surface area contributed by atoms with Gasteiger partial charge < -0.3 is 10.6 Å². The predicted molar refractivity (Wildman–Crippen MR) is 114 cm³/mol. The van der Waals surface area contributed by atoms with Gasteiger partial charge in [0.15, 0.2) is 11.5 Å². The Morgan fingerprint density at radius 1 is 1.10 bits per heavy atom. The Kier molecular flexibility index (Phi) is 4.90. The van der Waals surface area contributed by atoms with Crippen LogP contribution in [0.4, 0.5) is 5.82 Å². The Hall–Kier alpha value is -3.45. The van der Waals surface area contributed by atoms with Crippen molar-refractivity contribution in [2.45, 2.75) is 5.88 Å². The minimum atomic E-state index is -0.181. The van der Waals surface area contributed by atoms with Crippen molar-refractivity contribution >= 4 is 34.5 Å². The second-order valence-corrected chi connectivity index (χ2v) is 7.01. The molecule has 146 valence electrons. The number of alkyl halides is 1. The van der Waals surface area contributed by atoms with Gasteiger partial charge in [0.2, 0.25) is 0 Å². The molecule has 0 aliphatic carbocycles. The SMILES string of the molecule is CN(C)C(=O)c1ccc2nc(-c3cccnc3N)n(-c3ccc(CCl)cc3)c2n1. The fraction of sp³-hybridized carbons (Fsp3) is 0.143. The number of benzene rings is 1. The number of nitrogens with zero attached hydrogens (tertiary/aromatic N) is 5. The molecule has 4 rings (SSSR count). The molecule has 0 fully saturated rings. The van der Waals surface area contributed by atoms with Gasteiger partial charge in [0.1, 0.15) is 17.0 Å². The lowest BCUT2D eigenvalue weighted by molar-refractivity contribution is 0.0822. The average molecular weight is 407 g/mol. The maximum Gasteiger partial charge on any atom is 0.272 e. The molecule has 1 aromatic carbocycles. The zero-order chi connectivity index (χ0) is 20.5. The molecule has 0 saturated carbocycles. The number of fused-ring (bicyclic) bond motifs is 1. The van der Waals surface area contributed by atoms with Gasteiger partial charge in [0.05, 0.1) is 5.56 Å². The predicted octanol–water partition coefficient (Wildman–Crippen LogP) is 3.51. The van der Waals surface area contributed by atoms with E-state index in [1.165, 1.54) is 4.90 Å². The third kappa shape index (κ3) is 3.40. The Morgan fingerprint density at radius 3 is 2.52 bits per heavy atom. The fourth-order valence-electron chi connectivity index (χ4n) is 3.07. The van der Waals surface area contributed by atoms with Gasteiger partial charge in [-0.25, -0.2) is 15.0 Å². The minimum Gasteiger partial charge on any atom is -0.383 e. The molecule has 3 aromatic heterocycles. The fourth-order valence-corrected chi connectivity index (χ4v) is 3.25. The molecular weight excluding hydrogens is 388 g/mol. The molecule has 0 bridgehead atoms. The summed E-state index contributed by atoms with van der Waals surface area (Å²) in [5.41, 5.74) is 10.2. The number of anilines is 1. The van der Waals surface area contributed by atoms with Crippen LogP contribution in [0.5, 0.6) is 0 Å². The van der Waals surface area contributed by atoms with Crippen molar-refractivity contribution in [2.75, 3.05) is 19.8 Å².